The van der Waals surface area contributed by atoms with Crippen LogP contribution in [0.4, 0.5) is 0 Å². The molecule has 0 unspecified atom stereocenters. The number of nitrogens with zero attached hydrogens (tertiary/aromatic N) is 3. The molecule has 0 amide bonds. The van der Waals surface area contributed by atoms with Gasteiger partial charge in [-0.2, -0.15) is 0 Å². The Morgan fingerprint density at radius 2 is 1.06 bits per heavy atom. The van der Waals surface area contributed by atoms with Crippen molar-refractivity contribution in [3.63, 3.8) is 0 Å². The Kier molecular flexibility index (Phi) is 7.43. The van der Waals surface area contributed by atoms with Gasteiger partial charge in [0.05, 0.1) is 17.0 Å². The molecule has 3 heterocycles. The molecule has 0 aliphatic rings. The van der Waals surface area contributed by atoms with Gasteiger partial charge in [0.15, 0.2) is 5.58 Å². The molecule has 0 N–H and O–H groups in total. The summed E-state index contributed by atoms with van der Waals surface area (Å²) in [4.78, 5) is 14.7. The van der Waals surface area contributed by atoms with Gasteiger partial charge in [-0.3, -0.25) is 4.98 Å². The molecule has 0 fully saturated rings. The van der Waals surface area contributed by atoms with E-state index in [4.69, 9.17) is 14.4 Å². The number of benzene rings is 7. The Balaban J connectivity index is 1.25. The summed E-state index contributed by atoms with van der Waals surface area (Å²) in [6.45, 7) is 0. The van der Waals surface area contributed by atoms with E-state index in [0.717, 1.165) is 88.7 Å². The van der Waals surface area contributed by atoms with Crippen LogP contribution in [0.15, 0.2) is 193 Å². The first-order valence-corrected chi connectivity index (χ1v) is 17.8. The summed E-state index contributed by atoms with van der Waals surface area (Å²) in [6, 6.07) is 61.7. The molecule has 4 heteroatoms. The van der Waals surface area contributed by atoms with E-state index in [9.17, 15) is 0 Å². The first-order chi connectivity index (χ1) is 26.3. The SMILES string of the molecule is c1ccc(-c2cc(-c3ccccc3)nc(-c3ccccc3-c3ccc4ccccc4c3-c3cc4nc(-c5cccnc5)oc4c4ccccc34)c2)cc1. The molecule has 0 saturated heterocycles. The van der Waals surface area contributed by atoms with E-state index in [1.54, 1.807) is 12.4 Å². The molecule has 0 aliphatic heterocycles. The van der Waals surface area contributed by atoms with Crippen LogP contribution in [0.5, 0.6) is 0 Å². The Bertz CT molecular complexity index is 2880. The second-order valence-corrected chi connectivity index (χ2v) is 13.2. The van der Waals surface area contributed by atoms with E-state index in [1.165, 1.54) is 5.39 Å². The van der Waals surface area contributed by atoms with Gasteiger partial charge in [-0.15, -0.1) is 0 Å². The minimum absolute atomic E-state index is 0.553. The van der Waals surface area contributed by atoms with Crippen LogP contribution in [0.25, 0.3) is 100.0 Å². The van der Waals surface area contributed by atoms with E-state index in [1.807, 2.05) is 18.2 Å². The van der Waals surface area contributed by atoms with Crippen molar-refractivity contribution in [2.45, 2.75) is 0 Å². The van der Waals surface area contributed by atoms with Gasteiger partial charge < -0.3 is 4.42 Å². The molecule has 7 aromatic carbocycles. The van der Waals surface area contributed by atoms with E-state index < -0.39 is 0 Å². The van der Waals surface area contributed by atoms with Crippen LogP contribution in [0.3, 0.4) is 0 Å². The molecule has 248 valence electrons. The lowest BCUT2D eigenvalue weighted by Crippen LogP contribution is -1.95. The molecule has 0 spiro atoms. The predicted molar refractivity (Wildman–Crippen MR) is 217 cm³/mol. The summed E-state index contributed by atoms with van der Waals surface area (Å²) < 4.78 is 6.47. The normalized spacial score (nSPS) is 11.4. The molecule has 10 aromatic rings. The van der Waals surface area contributed by atoms with Crippen LogP contribution >= 0.6 is 0 Å². The van der Waals surface area contributed by atoms with Crippen molar-refractivity contribution in [2.75, 3.05) is 0 Å². The molecular weight excluding hydrogens is 647 g/mol. The van der Waals surface area contributed by atoms with E-state index in [-0.39, 0.29) is 0 Å². The zero-order chi connectivity index (χ0) is 35.1. The van der Waals surface area contributed by atoms with Gasteiger partial charge in [-0.25, -0.2) is 9.97 Å². The monoisotopic (exact) mass is 677 g/mol. The first kappa shape index (κ1) is 30.6. The Hall–Kier alpha value is -7.17. The number of oxazole rings is 1. The van der Waals surface area contributed by atoms with Gasteiger partial charge >= 0.3 is 0 Å². The fourth-order valence-corrected chi connectivity index (χ4v) is 7.52. The fraction of sp³-hybridized carbons (Fsp3) is 0. The maximum absolute atomic E-state index is 6.47. The minimum atomic E-state index is 0.553. The van der Waals surface area contributed by atoms with Gasteiger partial charge in [0.2, 0.25) is 5.89 Å². The number of aromatic nitrogens is 3. The number of rotatable bonds is 6. The van der Waals surface area contributed by atoms with Crippen molar-refractivity contribution < 1.29 is 4.42 Å². The van der Waals surface area contributed by atoms with Crippen LogP contribution in [0.2, 0.25) is 0 Å². The molecule has 0 aliphatic carbocycles. The molecule has 4 nitrogen and oxygen atoms in total. The summed E-state index contributed by atoms with van der Waals surface area (Å²) in [7, 11) is 0. The molecule has 0 saturated carbocycles. The summed E-state index contributed by atoms with van der Waals surface area (Å²) >= 11 is 0. The smallest absolute Gasteiger partial charge is 0.228 e. The minimum Gasteiger partial charge on any atom is -0.435 e. The molecular formula is C49H31N3O. The van der Waals surface area contributed by atoms with Gasteiger partial charge in [0.25, 0.3) is 0 Å². The Labute approximate surface area is 306 Å². The average Bonchev–Trinajstić information content (AvgIpc) is 3.69. The lowest BCUT2D eigenvalue weighted by Gasteiger charge is -2.19. The van der Waals surface area contributed by atoms with Crippen molar-refractivity contribution in [3.8, 4) is 67.3 Å². The molecule has 0 radical (unpaired) electrons. The number of fused-ring (bicyclic) bond motifs is 4. The third kappa shape index (κ3) is 5.45. The van der Waals surface area contributed by atoms with Gasteiger partial charge in [0, 0.05) is 28.9 Å². The van der Waals surface area contributed by atoms with Crippen molar-refractivity contribution in [1.29, 1.82) is 0 Å². The van der Waals surface area contributed by atoms with Crippen LogP contribution in [-0.4, -0.2) is 15.0 Å². The fourth-order valence-electron chi connectivity index (χ4n) is 7.52. The van der Waals surface area contributed by atoms with Gasteiger partial charge in [-0.05, 0) is 79.9 Å². The highest BCUT2D eigenvalue weighted by molar-refractivity contribution is 6.17. The third-order valence-electron chi connectivity index (χ3n) is 10.00. The second kappa shape index (κ2) is 12.9. The molecule has 3 aromatic heterocycles. The molecule has 53 heavy (non-hydrogen) atoms. The van der Waals surface area contributed by atoms with Crippen molar-refractivity contribution in [3.05, 3.63) is 188 Å². The third-order valence-corrected chi connectivity index (χ3v) is 10.00. The molecule has 0 atom stereocenters. The van der Waals surface area contributed by atoms with Crippen molar-refractivity contribution in [1.82, 2.24) is 15.0 Å². The Morgan fingerprint density at radius 3 is 1.85 bits per heavy atom. The lowest BCUT2D eigenvalue weighted by atomic mass is 9.85. The van der Waals surface area contributed by atoms with Crippen LogP contribution in [0.1, 0.15) is 0 Å². The number of hydrogen-bond acceptors (Lipinski definition) is 4. The summed E-state index contributed by atoms with van der Waals surface area (Å²) in [5.41, 5.74) is 13.1. The highest BCUT2D eigenvalue weighted by Crippen LogP contribution is 2.46. The average molecular weight is 678 g/mol. The molecule has 10 rings (SSSR count). The second-order valence-electron chi connectivity index (χ2n) is 13.2. The standard InChI is InChI=1S/C49H31N3O/c1-3-14-32(15-4-1)36-28-44(34-17-5-2-6-18-34)51-45(29-36)40-23-11-9-21-38(40)41-26-25-33-16-7-8-20-37(33)47(41)43-30-46-48(42-24-12-10-22-39(42)43)53-49(52-46)35-19-13-27-50-31-35/h1-31H. The highest BCUT2D eigenvalue weighted by Gasteiger charge is 2.21. The maximum atomic E-state index is 6.47. The number of pyridine rings is 2. The summed E-state index contributed by atoms with van der Waals surface area (Å²) in [5.74, 6) is 0.553. The maximum Gasteiger partial charge on any atom is 0.228 e. The first-order valence-electron chi connectivity index (χ1n) is 17.8. The zero-order valence-corrected chi connectivity index (χ0v) is 28.6. The Morgan fingerprint density at radius 1 is 0.396 bits per heavy atom. The van der Waals surface area contributed by atoms with Gasteiger partial charge in [0.1, 0.15) is 5.52 Å². The zero-order valence-electron chi connectivity index (χ0n) is 28.6. The molecule has 0 bridgehead atoms. The summed E-state index contributed by atoms with van der Waals surface area (Å²) in [6.07, 6.45) is 3.55. The van der Waals surface area contributed by atoms with Gasteiger partial charge in [-0.1, -0.05) is 146 Å². The number of hydrogen-bond donors (Lipinski definition) is 0. The van der Waals surface area contributed by atoms with Crippen LogP contribution < -0.4 is 0 Å². The highest BCUT2D eigenvalue weighted by atomic mass is 16.3. The van der Waals surface area contributed by atoms with Crippen molar-refractivity contribution >= 4 is 32.6 Å². The topological polar surface area (TPSA) is 51.8 Å². The van der Waals surface area contributed by atoms with E-state index in [0.29, 0.717) is 5.89 Å². The largest absolute Gasteiger partial charge is 0.435 e. The quantitative estimate of drug-likeness (QED) is 0.176. The van der Waals surface area contributed by atoms with Crippen molar-refractivity contribution in [2.24, 2.45) is 0 Å². The van der Waals surface area contributed by atoms with E-state index in [2.05, 4.69) is 163 Å². The van der Waals surface area contributed by atoms with Crippen LogP contribution in [0, 0.1) is 0 Å². The van der Waals surface area contributed by atoms with E-state index >= 15 is 0 Å². The summed E-state index contributed by atoms with van der Waals surface area (Å²) in [5, 5.41) is 4.44. The predicted octanol–water partition coefficient (Wildman–Crippen LogP) is 12.9. The van der Waals surface area contributed by atoms with Crippen LogP contribution in [-0.2, 0) is 0 Å². The lowest BCUT2D eigenvalue weighted by molar-refractivity contribution is 0.622.